The molecule has 67 heavy (non-hydrogen) atoms. The summed E-state index contributed by atoms with van der Waals surface area (Å²) in [5.41, 5.74) is 4.77. The first-order valence-corrected chi connectivity index (χ1v) is 26.5. The van der Waals surface area contributed by atoms with E-state index in [1.807, 2.05) is 6.92 Å². The molecule has 0 spiro atoms. The average Bonchev–Trinajstić information content (AvgIpc) is 3.24. The first-order valence-electron chi connectivity index (χ1n) is 23.5. The fraction of sp³-hybridized carbons (Fsp3) is 0.773. The van der Waals surface area contributed by atoms with Crippen LogP contribution in [0.25, 0.3) is 0 Å². The van der Waals surface area contributed by atoms with Crippen molar-refractivity contribution in [2.75, 3.05) is 25.6 Å². The van der Waals surface area contributed by atoms with Gasteiger partial charge in [-0.2, -0.15) is 9.29 Å². The number of nitrogens with zero attached hydrogens (tertiary/aromatic N) is 2. The predicted octanol–water partition coefficient (Wildman–Crippen LogP) is 4.90. The Morgan fingerprint density at radius 1 is 0.925 bits per heavy atom. The van der Waals surface area contributed by atoms with E-state index in [4.69, 9.17) is 29.0 Å². The third-order valence-corrected chi connectivity index (χ3v) is 14.1. The largest absolute Gasteiger partial charge is 0.481 e. The number of aromatic nitrogens is 2. The zero-order valence-electron chi connectivity index (χ0n) is 38.9. The van der Waals surface area contributed by atoms with E-state index >= 15 is 0 Å². The second-order valence-corrected chi connectivity index (χ2v) is 20.8. The molecule has 1 aromatic heterocycles. The number of carbonyl (C=O) groups is 2. The summed E-state index contributed by atoms with van der Waals surface area (Å²) in [6.45, 7) is 3.62. The normalized spacial score (nSPS) is 32.3. The number of rotatable bonds is 17. The van der Waals surface area contributed by atoms with Crippen LogP contribution in [-0.4, -0.2) is 119 Å². The lowest BCUT2D eigenvalue weighted by molar-refractivity contribution is -0.194. The number of carbonyl (C=O) groups excluding carboxylic acids is 2. The molecule has 0 amide bonds. The van der Waals surface area contributed by atoms with Gasteiger partial charge in [0.25, 0.3) is 0 Å². The minimum atomic E-state index is -5.70. The Morgan fingerprint density at radius 3 is 2.28 bits per heavy atom. The van der Waals surface area contributed by atoms with Crippen molar-refractivity contribution < 1.29 is 81.6 Å². The number of phosphoric acid groups is 2. The number of ether oxygens (including phenoxy) is 3. The van der Waals surface area contributed by atoms with Crippen molar-refractivity contribution in [3.05, 3.63) is 47.1 Å². The lowest BCUT2D eigenvalue weighted by Crippen LogP contribution is -2.52. The maximum absolute atomic E-state index is 13.3. The highest BCUT2D eigenvalue weighted by molar-refractivity contribution is 7.61. The number of fused-ring (bicyclic) bond motifs is 3. The van der Waals surface area contributed by atoms with Gasteiger partial charge >= 0.3 is 33.3 Å². The summed E-state index contributed by atoms with van der Waals surface area (Å²) in [6, 6.07) is 1.24. The number of hydrogen-bond acceptors (Lipinski definition) is 18. The first-order chi connectivity index (χ1) is 31.7. The third-order valence-electron chi connectivity index (χ3n) is 11.5. The summed E-state index contributed by atoms with van der Waals surface area (Å²) in [5, 5.41) is 57.3. The molecule has 21 nitrogen and oxygen atoms in total. The van der Waals surface area contributed by atoms with Crippen LogP contribution in [0.5, 0.6) is 0 Å². The van der Waals surface area contributed by atoms with Crippen molar-refractivity contribution >= 4 is 33.4 Å². The van der Waals surface area contributed by atoms with Crippen molar-refractivity contribution in [2.24, 2.45) is 17.8 Å². The molecule has 2 aliphatic rings. The molecule has 23 heteroatoms. The zero-order chi connectivity index (χ0) is 49.6. The maximum Gasteiger partial charge on any atom is 0.481 e. The summed E-state index contributed by atoms with van der Waals surface area (Å²) >= 11 is 0. The number of esters is 2. The van der Waals surface area contributed by atoms with Gasteiger partial charge in [0.2, 0.25) is 0 Å². The molecular formula is C44H75N3O18P2. The van der Waals surface area contributed by atoms with Crippen molar-refractivity contribution in [1.82, 2.24) is 9.55 Å². The lowest BCUT2D eigenvalue weighted by atomic mass is 9.82. The molecule has 3 heterocycles. The van der Waals surface area contributed by atoms with Crippen molar-refractivity contribution in [3.63, 3.8) is 0 Å². The monoisotopic (exact) mass is 995 g/mol. The van der Waals surface area contributed by atoms with Gasteiger partial charge in [-0.05, 0) is 44.1 Å². The molecule has 3 rings (SSSR count). The Balaban J connectivity index is 1.95. The van der Waals surface area contributed by atoms with Crippen LogP contribution in [0.15, 0.2) is 41.4 Å². The van der Waals surface area contributed by atoms with Gasteiger partial charge in [0, 0.05) is 37.3 Å². The van der Waals surface area contributed by atoms with E-state index in [0.29, 0.717) is 31.6 Å². The first kappa shape index (κ1) is 58.4. The van der Waals surface area contributed by atoms with E-state index in [2.05, 4.69) is 23.1 Å². The Kier molecular flexibility index (Phi) is 26.2. The topological polar surface area (TPSA) is 326 Å². The third kappa shape index (κ3) is 22.2. The molecule has 2 unspecified atom stereocenters. The Hall–Kier alpha value is -2.88. The van der Waals surface area contributed by atoms with Gasteiger partial charge < -0.3 is 55.3 Å². The van der Waals surface area contributed by atoms with Crippen LogP contribution in [0.3, 0.4) is 0 Å². The number of hydrogen-bond donors (Lipinski definition) is 8. The van der Waals surface area contributed by atoms with Gasteiger partial charge in [-0.15, -0.1) is 0 Å². The highest BCUT2D eigenvalue weighted by Gasteiger charge is 2.45. The number of cyclic esters (lactones) is 1. The van der Waals surface area contributed by atoms with E-state index < -0.39 is 120 Å². The summed E-state index contributed by atoms with van der Waals surface area (Å²) in [5.74, 6) is -3.52. The van der Waals surface area contributed by atoms with Gasteiger partial charge in [-0.1, -0.05) is 103 Å². The van der Waals surface area contributed by atoms with Crippen LogP contribution in [-0.2, 0) is 46.3 Å². The molecule has 1 fully saturated rings. The highest BCUT2D eigenvalue weighted by atomic mass is 31.3. The molecule has 1 aromatic rings. The number of nitrogens with two attached hydrogens (primary N) is 1. The van der Waals surface area contributed by atoms with Gasteiger partial charge in [0.05, 0.1) is 37.6 Å². The fourth-order valence-corrected chi connectivity index (χ4v) is 9.82. The summed E-state index contributed by atoms with van der Waals surface area (Å²) in [6.07, 6.45) is 3.09. The average molecular weight is 996 g/mol. The molecule has 0 saturated carbocycles. The van der Waals surface area contributed by atoms with E-state index in [9.17, 15) is 58.8 Å². The second-order valence-electron chi connectivity index (χ2n) is 17.7. The molecule has 384 valence electrons. The maximum atomic E-state index is 13.3. The number of anilines is 1. The van der Waals surface area contributed by atoms with E-state index in [-0.39, 0.29) is 31.5 Å². The van der Waals surface area contributed by atoms with Gasteiger partial charge in [-0.25, -0.2) is 13.9 Å². The molecule has 0 radical (unpaired) electrons. The van der Waals surface area contributed by atoms with Gasteiger partial charge in [0.1, 0.15) is 30.9 Å². The highest BCUT2D eigenvalue weighted by Crippen LogP contribution is 2.60. The van der Waals surface area contributed by atoms with E-state index in [1.54, 1.807) is 12.2 Å². The van der Waals surface area contributed by atoms with Crippen LogP contribution in [0.2, 0.25) is 0 Å². The number of unbranched alkanes of at least 4 members (excludes halogenated alkanes) is 7. The number of nitrogen functional groups attached to an aromatic ring is 1. The molecule has 1 saturated heterocycles. The van der Waals surface area contributed by atoms with Gasteiger partial charge in [0.15, 0.2) is 6.10 Å². The molecule has 2 bridgehead atoms. The number of allylic oxidation sites excluding steroid dienone is 2. The summed E-state index contributed by atoms with van der Waals surface area (Å²) < 4.78 is 58.8. The van der Waals surface area contributed by atoms with Crippen LogP contribution >= 0.6 is 15.6 Å². The van der Waals surface area contributed by atoms with E-state index in [0.717, 1.165) is 55.9 Å². The summed E-state index contributed by atoms with van der Waals surface area (Å²) in [4.78, 5) is 63.9. The molecule has 0 aromatic carbocycles. The number of aliphatic hydroxyl groups is 5. The van der Waals surface area contributed by atoms with Crippen molar-refractivity contribution in [3.8, 4) is 0 Å². The van der Waals surface area contributed by atoms with Gasteiger partial charge in [-0.3, -0.25) is 23.2 Å². The minimum Gasteiger partial charge on any atom is -0.462 e. The molecule has 2 aliphatic heterocycles. The molecular weight excluding hydrogens is 920 g/mol. The Labute approximate surface area is 392 Å². The van der Waals surface area contributed by atoms with Crippen molar-refractivity contribution in [2.45, 2.75) is 179 Å². The number of phosphoric ester groups is 2. The van der Waals surface area contributed by atoms with Crippen LogP contribution in [0, 0.1) is 17.8 Å². The SMILES string of the molecule is CCCCC[C@H](O)/C=C/[C@@H]1[C@H](O)[C@H](O)[C@H]2COP(=O)(O)OP(=O)(O)OC[C@H](OC(=O)CCCCCCCCC(C)C)COC(=O)CCC/C=C\C[C@H]([C@H](n3ccc(N)nc3=O)O2)[C@@H](O)C[C@H]1O. The summed E-state index contributed by atoms with van der Waals surface area (Å²) in [7, 11) is -11.3. The predicted molar refractivity (Wildman–Crippen MR) is 245 cm³/mol. The standard InChI is InChI=1S/C44H75N3O18P2/c1-4-5-12-18-31(48)22-23-33-35(49)26-36(50)34-19-14-10-11-15-20-39(51)60-27-32(63-40(52)21-16-9-7-6-8-13-17-30(2)3)28-61-66(56,57)65-67(58,59)62-29-37(42(54)41(33)53)64-43(34)47-25-24-38(45)46-44(47)55/h10,14,22-25,30-37,41-43,48-50,53-54H,4-9,11-13,15-21,26-29H2,1-3H3,(H,56,57)(H,58,59)(H2,45,46,55)/b14-10-,23-22+/t31-,32+,33-,34-,35+,36-,37+,41-,42+,43+/m0/s1. The molecule has 0 aliphatic carbocycles. The van der Waals surface area contributed by atoms with Crippen LogP contribution in [0.1, 0.15) is 136 Å². The fourth-order valence-electron chi connectivity index (χ4n) is 7.71. The number of aliphatic hydroxyl groups excluding tert-OH is 5. The van der Waals surface area contributed by atoms with Crippen molar-refractivity contribution in [1.29, 1.82) is 0 Å². The minimum absolute atomic E-state index is 0.00125. The lowest BCUT2D eigenvalue weighted by Gasteiger charge is -2.40. The smallest absolute Gasteiger partial charge is 0.462 e. The Morgan fingerprint density at radius 2 is 1.60 bits per heavy atom. The molecule has 12 atom stereocenters. The quantitative estimate of drug-likeness (QED) is 0.0445. The van der Waals surface area contributed by atoms with Crippen LogP contribution in [0.4, 0.5) is 5.82 Å². The molecule has 9 N–H and O–H groups in total. The zero-order valence-corrected chi connectivity index (χ0v) is 40.7. The van der Waals surface area contributed by atoms with Crippen LogP contribution < -0.4 is 11.4 Å². The van der Waals surface area contributed by atoms with E-state index in [1.165, 1.54) is 24.4 Å². The second kappa shape index (κ2) is 30.0. The Bertz CT molecular complexity index is 1850.